The summed E-state index contributed by atoms with van der Waals surface area (Å²) >= 11 is 11.8. The first-order chi connectivity index (χ1) is 9.60. The van der Waals surface area contributed by atoms with E-state index >= 15 is 0 Å². The third kappa shape index (κ3) is 3.73. The number of carbonyl (C=O) groups excluding carboxylic acids is 1. The lowest BCUT2D eigenvalue weighted by molar-refractivity contribution is 0.102. The van der Waals surface area contributed by atoms with Crippen LogP contribution in [-0.4, -0.2) is 13.0 Å². The van der Waals surface area contributed by atoms with E-state index in [0.717, 1.165) is 17.8 Å². The molecule has 0 bridgehead atoms. The SMILES string of the molecule is CNCc1ccc(NC(=O)c2ccc(Cl)cc2Cl)cc1. The molecule has 104 valence electrons. The van der Waals surface area contributed by atoms with Crippen molar-refractivity contribution >= 4 is 34.8 Å². The average Bonchev–Trinajstić information content (AvgIpc) is 2.41. The lowest BCUT2D eigenvalue weighted by Gasteiger charge is -2.08. The monoisotopic (exact) mass is 308 g/mol. The number of halogens is 2. The lowest BCUT2D eigenvalue weighted by Crippen LogP contribution is -2.12. The van der Waals surface area contributed by atoms with E-state index in [4.69, 9.17) is 23.2 Å². The molecule has 0 heterocycles. The Morgan fingerprint density at radius 2 is 1.80 bits per heavy atom. The summed E-state index contributed by atoms with van der Waals surface area (Å²) in [5.41, 5.74) is 2.27. The number of rotatable bonds is 4. The van der Waals surface area contributed by atoms with Crippen LogP contribution in [0.5, 0.6) is 0 Å². The molecule has 0 aliphatic heterocycles. The van der Waals surface area contributed by atoms with Crippen molar-refractivity contribution in [3.05, 3.63) is 63.6 Å². The van der Waals surface area contributed by atoms with Crippen LogP contribution in [0.2, 0.25) is 10.0 Å². The number of nitrogens with one attached hydrogen (secondary N) is 2. The molecule has 2 N–H and O–H groups in total. The van der Waals surface area contributed by atoms with Crippen molar-refractivity contribution in [1.29, 1.82) is 0 Å². The molecule has 3 nitrogen and oxygen atoms in total. The Hall–Kier alpha value is -1.55. The fourth-order valence-corrected chi connectivity index (χ4v) is 2.28. The molecule has 0 aromatic heterocycles. The number of anilines is 1. The molecule has 0 radical (unpaired) electrons. The minimum atomic E-state index is -0.256. The molecule has 0 atom stereocenters. The van der Waals surface area contributed by atoms with Gasteiger partial charge in [-0.25, -0.2) is 0 Å². The Morgan fingerprint density at radius 3 is 2.40 bits per heavy atom. The van der Waals surface area contributed by atoms with Gasteiger partial charge in [-0.1, -0.05) is 35.3 Å². The van der Waals surface area contributed by atoms with Crippen LogP contribution in [0.1, 0.15) is 15.9 Å². The smallest absolute Gasteiger partial charge is 0.257 e. The molecule has 5 heteroatoms. The zero-order chi connectivity index (χ0) is 14.5. The molecule has 0 aliphatic rings. The standard InChI is InChI=1S/C15H14Cl2N2O/c1-18-9-10-2-5-12(6-3-10)19-15(20)13-7-4-11(16)8-14(13)17/h2-8,18H,9H2,1H3,(H,19,20). The Labute approximate surface area is 127 Å². The Kier molecular flexibility index (Phi) is 5.01. The van der Waals surface area contributed by atoms with E-state index in [2.05, 4.69) is 10.6 Å². The number of hydrogen-bond acceptors (Lipinski definition) is 2. The Balaban J connectivity index is 2.11. The van der Waals surface area contributed by atoms with Crippen molar-refractivity contribution in [3.8, 4) is 0 Å². The molecule has 2 aromatic carbocycles. The first kappa shape index (κ1) is 14.9. The summed E-state index contributed by atoms with van der Waals surface area (Å²) in [5.74, 6) is -0.256. The third-order valence-corrected chi connectivity index (χ3v) is 3.32. The van der Waals surface area contributed by atoms with Gasteiger partial charge in [0.15, 0.2) is 0 Å². The molecule has 0 unspecified atom stereocenters. The Morgan fingerprint density at radius 1 is 1.10 bits per heavy atom. The highest BCUT2D eigenvalue weighted by Crippen LogP contribution is 2.22. The lowest BCUT2D eigenvalue weighted by atomic mass is 10.2. The molecule has 0 fully saturated rings. The largest absolute Gasteiger partial charge is 0.322 e. The maximum Gasteiger partial charge on any atom is 0.257 e. The molecule has 0 saturated carbocycles. The van der Waals surface area contributed by atoms with Crippen molar-refractivity contribution in [2.45, 2.75) is 6.54 Å². The number of hydrogen-bond donors (Lipinski definition) is 2. The van der Waals surface area contributed by atoms with Crippen LogP contribution in [0, 0.1) is 0 Å². The second-order valence-electron chi connectivity index (χ2n) is 4.31. The van der Waals surface area contributed by atoms with Crippen molar-refractivity contribution < 1.29 is 4.79 Å². The first-order valence-electron chi connectivity index (χ1n) is 6.10. The van der Waals surface area contributed by atoms with E-state index < -0.39 is 0 Å². The van der Waals surface area contributed by atoms with E-state index in [-0.39, 0.29) is 5.91 Å². The van der Waals surface area contributed by atoms with Gasteiger partial charge >= 0.3 is 0 Å². The summed E-state index contributed by atoms with van der Waals surface area (Å²) in [6.07, 6.45) is 0. The molecule has 0 saturated heterocycles. The summed E-state index contributed by atoms with van der Waals surface area (Å²) in [4.78, 5) is 12.1. The van der Waals surface area contributed by atoms with Gasteiger partial charge in [-0.2, -0.15) is 0 Å². The summed E-state index contributed by atoms with van der Waals surface area (Å²) in [6, 6.07) is 12.4. The zero-order valence-corrected chi connectivity index (χ0v) is 12.4. The third-order valence-electron chi connectivity index (χ3n) is 2.77. The fraction of sp³-hybridized carbons (Fsp3) is 0.133. The van der Waals surface area contributed by atoms with Crippen LogP contribution >= 0.6 is 23.2 Å². The maximum atomic E-state index is 12.1. The van der Waals surface area contributed by atoms with Crippen LogP contribution in [-0.2, 0) is 6.54 Å². The minimum Gasteiger partial charge on any atom is -0.322 e. The highest BCUT2D eigenvalue weighted by atomic mass is 35.5. The zero-order valence-electron chi connectivity index (χ0n) is 10.9. The van der Waals surface area contributed by atoms with Gasteiger partial charge in [-0.15, -0.1) is 0 Å². The molecule has 2 aromatic rings. The first-order valence-corrected chi connectivity index (χ1v) is 6.85. The van der Waals surface area contributed by atoms with Crippen molar-refractivity contribution in [2.75, 3.05) is 12.4 Å². The molecule has 0 spiro atoms. The summed E-state index contributed by atoms with van der Waals surface area (Å²) in [6.45, 7) is 0.789. The highest BCUT2D eigenvalue weighted by molar-refractivity contribution is 6.37. The minimum absolute atomic E-state index is 0.256. The summed E-state index contributed by atoms with van der Waals surface area (Å²) in [5, 5.41) is 6.70. The van der Waals surface area contributed by atoms with Crippen molar-refractivity contribution in [2.24, 2.45) is 0 Å². The van der Waals surface area contributed by atoms with Crippen LogP contribution in [0.25, 0.3) is 0 Å². The predicted octanol–water partition coefficient (Wildman–Crippen LogP) is 3.97. The normalized spacial score (nSPS) is 10.3. The second kappa shape index (κ2) is 6.75. The van der Waals surface area contributed by atoms with Gasteiger partial charge in [-0.05, 0) is 42.9 Å². The van der Waals surface area contributed by atoms with Gasteiger partial charge in [0.05, 0.1) is 10.6 Å². The molecule has 0 aliphatic carbocycles. The van der Waals surface area contributed by atoms with E-state index in [1.807, 2.05) is 31.3 Å². The molecular formula is C15H14Cl2N2O. The van der Waals surface area contributed by atoms with Crippen LogP contribution in [0.4, 0.5) is 5.69 Å². The van der Waals surface area contributed by atoms with Gasteiger partial charge < -0.3 is 10.6 Å². The van der Waals surface area contributed by atoms with Gasteiger partial charge in [0, 0.05) is 17.3 Å². The predicted molar refractivity (Wildman–Crippen MR) is 83.6 cm³/mol. The second-order valence-corrected chi connectivity index (χ2v) is 5.15. The van der Waals surface area contributed by atoms with Crippen molar-refractivity contribution in [1.82, 2.24) is 5.32 Å². The van der Waals surface area contributed by atoms with Gasteiger partial charge in [0.2, 0.25) is 0 Å². The molecular weight excluding hydrogens is 295 g/mol. The van der Waals surface area contributed by atoms with Gasteiger partial charge in [0.1, 0.15) is 0 Å². The average molecular weight is 309 g/mol. The Bertz CT molecular complexity index is 612. The number of benzene rings is 2. The van der Waals surface area contributed by atoms with Gasteiger partial charge in [-0.3, -0.25) is 4.79 Å². The number of amides is 1. The maximum absolute atomic E-state index is 12.1. The topological polar surface area (TPSA) is 41.1 Å². The highest BCUT2D eigenvalue weighted by Gasteiger charge is 2.10. The molecule has 2 rings (SSSR count). The van der Waals surface area contributed by atoms with Gasteiger partial charge in [0.25, 0.3) is 5.91 Å². The van der Waals surface area contributed by atoms with Crippen LogP contribution in [0.3, 0.4) is 0 Å². The van der Waals surface area contributed by atoms with E-state index in [1.165, 1.54) is 0 Å². The van der Waals surface area contributed by atoms with Crippen molar-refractivity contribution in [3.63, 3.8) is 0 Å². The van der Waals surface area contributed by atoms with Crippen LogP contribution < -0.4 is 10.6 Å². The van der Waals surface area contributed by atoms with E-state index in [9.17, 15) is 4.79 Å². The quantitative estimate of drug-likeness (QED) is 0.897. The molecule has 20 heavy (non-hydrogen) atoms. The number of carbonyl (C=O) groups is 1. The van der Waals surface area contributed by atoms with E-state index in [1.54, 1.807) is 18.2 Å². The molecule has 1 amide bonds. The van der Waals surface area contributed by atoms with Crippen LogP contribution in [0.15, 0.2) is 42.5 Å². The summed E-state index contributed by atoms with van der Waals surface area (Å²) < 4.78 is 0. The summed E-state index contributed by atoms with van der Waals surface area (Å²) in [7, 11) is 1.89. The van der Waals surface area contributed by atoms with E-state index in [0.29, 0.717) is 15.6 Å². The fourth-order valence-electron chi connectivity index (χ4n) is 1.78.